The summed E-state index contributed by atoms with van der Waals surface area (Å²) in [6.07, 6.45) is 3.19. The predicted molar refractivity (Wildman–Crippen MR) is 113 cm³/mol. The Bertz CT molecular complexity index is 1010. The van der Waals surface area contributed by atoms with E-state index in [0.717, 1.165) is 29.7 Å². The Morgan fingerprint density at radius 3 is 2.62 bits per heavy atom. The van der Waals surface area contributed by atoms with Gasteiger partial charge in [0.1, 0.15) is 0 Å². The van der Waals surface area contributed by atoms with Crippen LogP contribution in [0.4, 0.5) is 11.4 Å². The molecule has 0 bridgehead atoms. The highest BCUT2D eigenvalue weighted by molar-refractivity contribution is 6.30. The highest BCUT2D eigenvalue weighted by Crippen LogP contribution is 2.32. The van der Waals surface area contributed by atoms with Crippen LogP contribution in [0.1, 0.15) is 11.6 Å². The van der Waals surface area contributed by atoms with E-state index in [1.165, 1.54) is 12.3 Å². The predicted octanol–water partition coefficient (Wildman–Crippen LogP) is 4.28. The number of hydrogen-bond donors (Lipinski definition) is 1. The SMILES string of the molecule is O=[N+]([O-])c1ccc(NCC(c2ccc(Cl)cc2)N2CCOCC2)c2ccncc12. The average Bonchev–Trinajstić information content (AvgIpc) is 2.75. The lowest BCUT2D eigenvalue weighted by molar-refractivity contribution is -0.383. The Kier molecular flexibility index (Phi) is 5.89. The number of pyridine rings is 1. The number of ether oxygens (including phenoxy) is 1. The van der Waals surface area contributed by atoms with Crippen molar-refractivity contribution in [3.63, 3.8) is 0 Å². The summed E-state index contributed by atoms with van der Waals surface area (Å²) < 4.78 is 5.51. The Morgan fingerprint density at radius 1 is 1.14 bits per heavy atom. The number of benzene rings is 2. The second kappa shape index (κ2) is 8.73. The van der Waals surface area contributed by atoms with Crippen molar-refractivity contribution in [2.24, 2.45) is 0 Å². The van der Waals surface area contributed by atoms with Crippen LogP contribution in [-0.2, 0) is 4.74 Å². The highest BCUT2D eigenvalue weighted by Gasteiger charge is 2.23. The molecule has 0 saturated carbocycles. The number of nitro groups is 1. The minimum Gasteiger partial charge on any atom is -0.383 e. The molecule has 0 amide bonds. The molecule has 3 aromatic rings. The maximum Gasteiger partial charge on any atom is 0.278 e. The first kappa shape index (κ1) is 19.6. The standard InChI is InChI=1S/C21H21ClN4O3/c22-16-3-1-15(2-4-16)21(25-9-11-29-12-10-25)14-24-19-5-6-20(26(27)28)18-13-23-8-7-17(18)19/h1-8,13,21,24H,9-12,14H2. The first-order chi connectivity index (χ1) is 14.1. The third kappa shape index (κ3) is 4.32. The molecule has 0 spiro atoms. The number of aromatic nitrogens is 1. The van der Waals surface area contributed by atoms with Gasteiger partial charge >= 0.3 is 0 Å². The lowest BCUT2D eigenvalue weighted by Gasteiger charge is -2.35. The van der Waals surface area contributed by atoms with Gasteiger partial charge in [0.05, 0.1) is 29.6 Å². The highest BCUT2D eigenvalue weighted by atomic mass is 35.5. The van der Waals surface area contributed by atoms with Crippen molar-refractivity contribution in [2.75, 3.05) is 38.2 Å². The molecule has 2 heterocycles. The molecular weight excluding hydrogens is 392 g/mol. The monoisotopic (exact) mass is 412 g/mol. The van der Waals surface area contributed by atoms with Gasteiger partial charge in [0.15, 0.2) is 0 Å². The van der Waals surface area contributed by atoms with Gasteiger partial charge in [0, 0.05) is 54.2 Å². The van der Waals surface area contributed by atoms with Crippen molar-refractivity contribution in [2.45, 2.75) is 6.04 Å². The Labute approximate surface area is 173 Å². The van der Waals surface area contributed by atoms with Crippen molar-refractivity contribution in [3.05, 3.63) is 75.6 Å². The fourth-order valence-electron chi connectivity index (χ4n) is 3.73. The molecular formula is C21H21ClN4O3. The number of rotatable bonds is 6. The number of halogens is 1. The number of morpholine rings is 1. The summed E-state index contributed by atoms with van der Waals surface area (Å²) >= 11 is 6.07. The van der Waals surface area contributed by atoms with Gasteiger partial charge in [0.2, 0.25) is 0 Å². The zero-order valence-corrected chi connectivity index (χ0v) is 16.5. The Morgan fingerprint density at radius 2 is 1.90 bits per heavy atom. The zero-order chi connectivity index (χ0) is 20.2. The largest absolute Gasteiger partial charge is 0.383 e. The van der Waals surface area contributed by atoms with E-state index in [-0.39, 0.29) is 16.7 Å². The van der Waals surface area contributed by atoms with Gasteiger partial charge in [-0.25, -0.2) is 0 Å². The Hall–Kier alpha value is -2.74. The van der Waals surface area contributed by atoms with Crippen LogP contribution in [-0.4, -0.2) is 47.7 Å². The molecule has 1 fully saturated rings. The van der Waals surface area contributed by atoms with E-state index < -0.39 is 0 Å². The molecule has 2 aromatic carbocycles. The molecule has 1 aliphatic rings. The third-order valence-corrected chi connectivity index (χ3v) is 5.47. The molecule has 1 atom stereocenters. The number of anilines is 1. The molecule has 1 unspecified atom stereocenters. The van der Waals surface area contributed by atoms with Crippen molar-refractivity contribution in [1.29, 1.82) is 0 Å². The van der Waals surface area contributed by atoms with Crippen LogP contribution in [0.25, 0.3) is 10.8 Å². The minimum absolute atomic E-state index is 0.0566. The maximum atomic E-state index is 11.3. The van der Waals surface area contributed by atoms with Gasteiger partial charge in [-0.3, -0.25) is 20.0 Å². The number of fused-ring (bicyclic) bond motifs is 1. The fraction of sp³-hybridized carbons (Fsp3) is 0.286. The number of nitrogens with zero attached hydrogens (tertiary/aromatic N) is 3. The van der Waals surface area contributed by atoms with E-state index in [1.54, 1.807) is 18.3 Å². The van der Waals surface area contributed by atoms with Crippen LogP contribution in [0.15, 0.2) is 54.9 Å². The van der Waals surface area contributed by atoms with E-state index in [1.807, 2.05) is 24.3 Å². The number of nitrogens with one attached hydrogen (secondary N) is 1. The van der Waals surface area contributed by atoms with E-state index >= 15 is 0 Å². The van der Waals surface area contributed by atoms with Crippen LogP contribution in [0.3, 0.4) is 0 Å². The molecule has 8 heteroatoms. The summed E-state index contributed by atoms with van der Waals surface area (Å²) in [5.41, 5.74) is 2.07. The smallest absolute Gasteiger partial charge is 0.278 e. The first-order valence-electron chi connectivity index (χ1n) is 9.46. The number of non-ortho nitro benzene ring substituents is 1. The summed E-state index contributed by atoms with van der Waals surface area (Å²) in [6, 6.07) is 13.1. The second-order valence-corrected chi connectivity index (χ2v) is 7.34. The molecule has 150 valence electrons. The molecule has 1 saturated heterocycles. The van der Waals surface area contributed by atoms with E-state index in [2.05, 4.69) is 15.2 Å². The van der Waals surface area contributed by atoms with Crippen LogP contribution in [0.2, 0.25) is 5.02 Å². The molecule has 0 radical (unpaired) electrons. The molecule has 1 aromatic heterocycles. The zero-order valence-electron chi connectivity index (χ0n) is 15.8. The normalized spacial score (nSPS) is 15.9. The molecule has 4 rings (SSSR count). The van der Waals surface area contributed by atoms with E-state index in [4.69, 9.17) is 16.3 Å². The van der Waals surface area contributed by atoms with Gasteiger partial charge in [-0.1, -0.05) is 23.7 Å². The summed E-state index contributed by atoms with van der Waals surface area (Å²) in [5, 5.41) is 16.9. The third-order valence-electron chi connectivity index (χ3n) is 5.22. The van der Waals surface area contributed by atoms with Crippen LogP contribution in [0.5, 0.6) is 0 Å². The van der Waals surface area contributed by atoms with Crippen molar-refractivity contribution >= 4 is 33.7 Å². The summed E-state index contributed by atoms with van der Waals surface area (Å²) in [6.45, 7) is 3.75. The van der Waals surface area contributed by atoms with Crippen molar-refractivity contribution < 1.29 is 9.66 Å². The van der Waals surface area contributed by atoms with Crippen LogP contribution in [0, 0.1) is 10.1 Å². The minimum atomic E-state index is -0.377. The molecule has 7 nitrogen and oxygen atoms in total. The average molecular weight is 413 g/mol. The van der Waals surface area contributed by atoms with Gasteiger partial charge in [-0.2, -0.15) is 0 Å². The van der Waals surface area contributed by atoms with Crippen LogP contribution >= 0.6 is 11.6 Å². The lowest BCUT2D eigenvalue weighted by atomic mass is 10.0. The van der Waals surface area contributed by atoms with Gasteiger partial charge in [0.25, 0.3) is 5.69 Å². The first-order valence-corrected chi connectivity index (χ1v) is 9.83. The van der Waals surface area contributed by atoms with Gasteiger partial charge in [-0.15, -0.1) is 0 Å². The molecule has 1 N–H and O–H groups in total. The van der Waals surface area contributed by atoms with Crippen molar-refractivity contribution in [1.82, 2.24) is 9.88 Å². The Balaban J connectivity index is 1.63. The maximum absolute atomic E-state index is 11.3. The summed E-state index contributed by atoms with van der Waals surface area (Å²) in [7, 11) is 0. The quantitative estimate of drug-likeness (QED) is 0.480. The lowest BCUT2D eigenvalue weighted by Crippen LogP contribution is -2.41. The van der Waals surface area contributed by atoms with Gasteiger partial charge in [-0.05, 0) is 29.8 Å². The van der Waals surface area contributed by atoms with E-state index in [9.17, 15) is 10.1 Å². The van der Waals surface area contributed by atoms with Crippen molar-refractivity contribution in [3.8, 4) is 0 Å². The van der Waals surface area contributed by atoms with Gasteiger partial charge < -0.3 is 10.1 Å². The number of nitro benzene ring substituents is 1. The molecule has 29 heavy (non-hydrogen) atoms. The van der Waals surface area contributed by atoms with Crippen LogP contribution < -0.4 is 5.32 Å². The topological polar surface area (TPSA) is 80.5 Å². The summed E-state index contributed by atoms with van der Waals surface area (Å²) in [5.74, 6) is 0. The van der Waals surface area contributed by atoms with E-state index in [0.29, 0.717) is 30.2 Å². The molecule has 1 aliphatic heterocycles. The summed E-state index contributed by atoms with van der Waals surface area (Å²) in [4.78, 5) is 17.4. The second-order valence-electron chi connectivity index (χ2n) is 6.91. The fourth-order valence-corrected chi connectivity index (χ4v) is 3.85. The number of hydrogen-bond acceptors (Lipinski definition) is 6. The molecule has 0 aliphatic carbocycles.